The lowest BCUT2D eigenvalue weighted by molar-refractivity contribution is -0.147. The SMILES string of the molecule is CC(C)(C)N1C(=O)C2CC=C3C(CC4C(=O)N(C(C)(C)C)C(=O)C4C3c3ccc(O)cc3)C2C1=O. The number of carbonyl (C=O) groups excluding carboxylic acids is 4. The minimum Gasteiger partial charge on any atom is -0.508 e. The predicted molar refractivity (Wildman–Crippen MR) is 129 cm³/mol. The van der Waals surface area contributed by atoms with Gasteiger partial charge in [0.1, 0.15) is 5.75 Å². The van der Waals surface area contributed by atoms with E-state index in [1.807, 2.05) is 41.5 Å². The second-order valence-corrected chi connectivity index (χ2v) is 12.5. The molecule has 6 unspecified atom stereocenters. The van der Waals surface area contributed by atoms with Crippen molar-refractivity contribution in [3.8, 4) is 5.75 Å². The number of hydrogen-bond donors (Lipinski definition) is 1. The lowest BCUT2D eigenvalue weighted by Crippen LogP contribution is -2.47. The molecule has 1 aromatic carbocycles. The molecule has 1 aromatic rings. The molecule has 2 heterocycles. The number of phenols is 1. The third kappa shape index (κ3) is 3.38. The second-order valence-electron chi connectivity index (χ2n) is 12.5. The first-order chi connectivity index (χ1) is 16.2. The van der Waals surface area contributed by atoms with Gasteiger partial charge >= 0.3 is 0 Å². The molecule has 2 aliphatic carbocycles. The zero-order valence-corrected chi connectivity index (χ0v) is 21.2. The zero-order valence-electron chi connectivity index (χ0n) is 21.2. The van der Waals surface area contributed by atoms with Crippen molar-refractivity contribution in [1.82, 2.24) is 9.80 Å². The third-order valence-electron chi connectivity index (χ3n) is 8.24. The van der Waals surface area contributed by atoms with Gasteiger partial charge in [-0.1, -0.05) is 23.8 Å². The Bertz CT molecular complexity index is 1150. The summed E-state index contributed by atoms with van der Waals surface area (Å²) in [4.78, 5) is 57.2. The fraction of sp³-hybridized carbons (Fsp3) is 0.571. The van der Waals surface area contributed by atoms with Crippen LogP contribution in [-0.2, 0) is 19.2 Å². The van der Waals surface area contributed by atoms with Crippen LogP contribution in [0.25, 0.3) is 0 Å². The molecule has 7 nitrogen and oxygen atoms in total. The van der Waals surface area contributed by atoms with E-state index in [9.17, 15) is 24.3 Å². The number of imide groups is 2. The zero-order chi connectivity index (χ0) is 25.6. The number of likely N-dealkylation sites (tertiary alicyclic amines) is 2. The second kappa shape index (κ2) is 7.52. The van der Waals surface area contributed by atoms with E-state index >= 15 is 0 Å². The van der Waals surface area contributed by atoms with Gasteiger partial charge in [0.2, 0.25) is 23.6 Å². The van der Waals surface area contributed by atoms with E-state index in [-0.39, 0.29) is 41.2 Å². The van der Waals surface area contributed by atoms with Crippen LogP contribution in [0.1, 0.15) is 65.9 Å². The van der Waals surface area contributed by atoms with E-state index in [0.717, 1.165) is 11.1 Å². The maximum atomic E-state index is 13.7. The largest absolute Gasteiger partial charge is 0.508 e. The summed E-state index contributed by atoms with van der Waals surface area (Å²) in [6, 6.07) is 6.78. The van der Waals surface area contributed by atoms with E-state index in [0.29, 0.717) is 12.8 Å². The summed E-state index contributed by atoms with van der Waals surface area (Å²) in [5, 5.41) is 9.88. The van der Waals surface area contributed by atoms with Crippen LogP contribution in [0.4, 0.5) is 0 Å². The molecule has 0 aromatic heterocycles. The summed E-state index contributed by atoms with van der Waals surface area (Å²) in [7, 11) is 0. The predicted octanol–water partition coefficient (Wildman–Crippen LogP) is 3.63. The van der Waals surface area contributed by atoms with Crippen molar-refractivity contribution in [2.24, 2.45) is 29.6 Å². The van der Waals surface area contributed by atoms with Crippen molar-refractivity contribution in [1.29, 1.82) is 0 Å². The average molecular weight is 479 g/mol. The molecule has 1 saturated carbocycles. The fourth-order valence-corrected chi connectivity index (χ4v) is 6.97. The van der Waals surface area contributed by atoms with E-state index in [4.69, 9.17) is 0 Å². The summed E-state index contributed by atoms with van der Waals surface area (Å²) in [6.07, 6.45) is 2.89. The van der Waals surface area contributed by atoms with Crippen LogP contribution in [-0.4, -0.2) is 49.6 Å². The standard InChI is InChI=1S/C28H34N2O5/c1-27(2,3)29-23(32)17-12-11-16-18(21(17)25(29)34)13-19-22(20(16)14-7-9-15(31)10-8-14)26(35)30(24(19)33)28(4,5)6/h7-11,17-22,31H,12-13H2,1-6H3. The van der Waals surface area contributed by atoms with E-state index < -0.39 is 34.7 Å². The number of carbonyl (C=O) groups is 4. The number of fused-ring (bicyclic) bond motifs is 4. The van der Waals surface area contributed by atoms with Crippen LogP contribution in [0.15, 0.2) is 35.9 Å². The highest BCUT2D eigenvalue weighted by Gasteiger charge is 2.63. The number of benzene rings is 1. The van der Waals surface area contributed by atoms with Crippen molar-refractivity contribution in [3.05, 3.63) is 41.5 Å². The monoisotopic (exact) mass is 478 g/mol. The number of aromatic hydroxyl groups is 1. The molecule has 7 heteroatoms. The molecule has 186 valence electrons. The number of hydrogen-bond acceptors (Lipinski definition) is 5. The molecule has 0 radical (unpaired) electrons. The van der Waals surface area contributed by atoms with Crippen LogP contribution in [0, 0.1) is 29.6 Å². The number of nitrogens with zero attached hydrogens (tertiary/aromatic N) is 2. The molecule has 35 heavy (non-hydrogen) atoms. The van der Waals surface area contributed by atoms with Gasteiger partial charge in [-0.2, -0.15) is 0 Å². The minimum atomic E-state index is -0.657. The molecule has 4 aliphatic rings. The van der Waals surface area contributed by atoms with Gasteiger partial charge in [0.05, 0.1) is 23.7 Å². The van der Waals surface area contributed by atoms with E-state index in [1.165, 1.54) is 9.80 Å². The Balaban J connectivity index is 1.64. The van der Waals surface area contributed by atoms with Crippen LogP contribution >= 0.6 is 0 Å². The van der Waals surface area contributed by atoms with Crippen LogP contribution in [0.3, 0.4) is 0 Å². The Kier molecular flexibility index (Phi) is 5.10. The highest BCUT2D eigenvalue weighted by atomic mass is 16.3. The van der Waals surface area contributed by atoms with Crippen LogP contribution < -0.4 is 0 Å². The maximum Gasteiger partial charge on any atom is 0.234 e. The summed E-state index contributed by atoms with van der Waals surface area (Å²) < 4.78 is 0. The first-order valence-electron chi connectivity index (χ1n) is 12.5. The number of rotatable bonds is 1. The Morgan fingerprint density at radius 3 is 1.77 bits per heavy atom. The Morgan fingerprint density at radius 1 is 0.714 bits per heavy atom. The lowest BCUT2D eigenvalue weighted by Gasteiger charge is -2.44. The van der Waals surface area contributed by atoms with Crippen LogP contribution in [0.5, 0.6) is 5.75 Å². The summed E-state index contributed by atoms with van der Waals surface area (Å²) in [6.45, 7) is 11.2. The topological polar surface area (TPSA) is 95.0 Å². The van der Waals surface area contributed by atoms with Gasteiger partial charge in [0.25, 0.3) is 0 Å². The first kappa shape index (κ1) is 23.8. The number of phenolic OH excluding ortho intramolecular Hbond substituents is 1. The van der Waals surface area contributed by atoms with Gasteiger partial charge in [-0.3, -0.25) is 29.0 Å². The normalized spacial score (nSPS) is 33.0. The van der Waals surface area contributed by atoms with Gasteiger partial charge in [-0.15, -0.1) is 0 Å². The van der Waals surface area contributed by atoms with Crippen molar-refractivity contribution >= 4 is 23.6 Å². The highest BCUT2D eigenvalue weighted by Crippen LogP contribution is 2.58. The lowest BCUT2D eigenvalue weighted by atomic mass is 9.57. The molecular formula is C28H34N2O5. The van der Waals surface area contributed by atoms with E-state index in [2.05, 4.69) is 6.08 Å². The molecule has 2 saturated heterocycles. The van der Waals surface area contributed by atoms with Gasteiger partial charge in [0, 0.05) is 17.0 Å². The Hall–Kier alpha value is -2.96. The third-order valence-corrected chi connectivity index (χ3v) is 8.24. The molecule has 1 N–H and O–H groups in total. The van der Waals surface area contributed by atoms with Crippen molar-refractivity contribution < 1.29 is 24.3 Å². The van der Waals surface area contributed by atoms with Gasteiger partial charge in [0.15, 0.2) is 0 Å². The fourth-order valence-electron chi connectivity index (χ4n) is 6.97. The van der Waals surface area contributed by atoms with Crippen molar-refractivity contribution in [2.45, 2.75) is 71.4 Å². The Labute approximate surface area is 206 Å². The maximum absolute atomic E-state index is 13.7. The Morgan fingerprint density at radius 2 is 1.23 bits per heavy atom. The summed E-state index contributed by atoms with van der Waals surface area (Å²) >= 11 is 0. The molecule has 3 fully saturated rings. The summed E-state index contributed by atoms with van der Waals surface area (Å²) in [5.74, 6) is -3.29. The molecule has 6 atom stereocenters. The van der Waals surface area contributed by atoms with Crippen LogP contribution in [0.2, 0.25) is 0 Å². The molecule has 4 amide bonds. The van der Waals surface area contributed by atoms with Crippen molar-refractivity contribution in [3.63, 3.8) is 0 Å². The molecular weight excluding hydrogens is 444 g/mol. The summed E-state index contributed by atoms with van der Waals surface area (Å²) in [5.41, 5.74) is 0.539. The molecule has 5 rings (SSSR count). The molecule has 0 spiro atoms. The van der Waals surface area contributed by atoms with Gasteiger partial charge < -0.3 is 5.11 Å². The quantitative estimate of drug-likeness (QED) is 0.491. The van der Waals surface area contributed by atoms with Crippen molar-refractivity contribution in [2.75, 3.05) is 0 Å². The highest BCUT2D eigenvalue weighted by molar-refractivity contribution is 6.08. The molecule has 0 bridgehead atoms. The van der Waals surface area contributed by atoms with Gasteiger partial charge in [-0.05, 0) is 78.0 Å². The number of amides is 4. The van der Waals surface area contributed by atoms with E-state index in [1.54, 1.807) is 24.3 Å². The first-order valence-corrected chi connectivity index (χ1v) is 12.5. The average Bonchev–Trinajstić information content (AvgIpc) is 3.16. The molecule has 2 aliphatic heterocycles. The smallest absolute Gasteiger partial charge is 0.234 e. The minimum absolute atomic E-state index is 0.123. The van der Waals surface area contributed by atoms with Gasteiger partial charge in [-0.25, -0.2) is 0 Å². The number of allylic oxidation sites excluding steroid dienone is 2.